The van der Waals surface area contributed by atoms with Gasteiger partial charge in [0, 0.05) is 5.69 Å². The van der Waals surface area contributed by atoms with Crippen LogP contribution >= 0.6 is 0 Å². The zero-order valence-corrected chi connectivity index (χ0v) is 16.8. The first kappa shape index (κ1) is 21.4. The van der Waals surface area contributed by atoms with Gasteiger partial charge in [-0.05, 0) is 50.5 Å². The van der Waals surface area contributed by atoms with Crippen molar-refractivity contribution in [2.75, 3.05) is 18.5 Å². The maximum Gasteiger partial charge on any atom is 0.326 e. The predicted octanol–water partition coefficient (Wildman–Crippen LogP) is 2.29. The number of unbranched alkanes of at least 4 members (excludes halogenated alkanes) is 1. The summed E-state index contributed by atoms with van der Waals surface area (Å²) in [5.41, 5.74) is 1.72. The lowest BCUT2D eigenvalue weighted by atomic mass is 9.95. The highest BCUT2D eigenvalue weighted by Crippen LogP contribution is 2.23. The molecule has 1 aromatic rings. The molecule has 1 saturated heterocycles. The van der Waals surface area contributed by atoms with Crippen molar-refractivity contribution >= 4 is 29.5 Å². The number of urea groups is 1. The summed E-state index contributed by atoms with van der Waals surface area (Å²) < 4.78 is 4.91. The molecule has 0 aliphatic carbocycles. The van der Waals surface area contributed by atoms with Crippen LogP contribution in [0.5, 0.6) is 0 Å². The van der Waals surface area contributed by atoms with Crippen LogP contribution in [0, 0.1) is 13.8 Å². The minimum Gasteiger partial charge on any atom is -0.454 e. The molecular formula is C20H27N3O5. The molecule has 28 heavy (non-hydrogen) atoms. The molecule has 1 atom stereocenters. The fourth-order valence-corrected chi connectivity index (χ4v) is 2.93. The molecular weight excluding hydrogens is 362 g/mol. The summed E-state index contributed by atoms with van der Waals surface area (Å²) in [6.45, 7) is 6.50. The van der Waals surface area contributed by atoms with Crippen LogP contribution in [0.2, 0.25) is 0 Å². The van der Waals surface area contributed by atoms with Crippen LogP contribution in [-0.4, -0.2) is 47.4 Å². The van der Waals surface area contributed by atoms with Crippen molar-refractivity contribution in [2.45, 2.75) is 52.5 Å². The molecule has 0 aromatic heterocycles. The van der Waals surface area contributed by atoms with E-state index in [1.165, 1.54) is 0 Å². The van der Waals surface area contributed by atoms with Crippen LogP contribution in [0.25, 0.3) is 0 Å². The number of imide groups is 1. The molecule has 0 unspecified atom stereocenters. The number of ether oxygens (including phenoxy) is 1. The van der Waals surface area contributed by atoms with Gasteiger partial charge in [-0.25, -0.2) is 4.79 Å². The molecule has 1 aliphatic rings. The summed E-state index contributed by atoms with van der Waals surface area (Å²) in [5, 5.41) is 5.26. The van der Waals surface area contributed by atoms with Gasteiger partial charge >= 0.3 is 12.0 Å². The van der Waals surface area contributed by atoms with E-state index in [0.29, 0.717) is 12.1 Å². The van der Waals surface area contributed by atoms with Crippen LogP contribution in [0.3, 0.4) is 0 Å². The van der Waals surface area contributed by atoms with E-state index in [2.05, 4.69) is 10.6 Å². The summed E-state index contributed by atoms with van der Waals surface area (Å²) >= 11 is 0. The average Bonchev–Trinajstić information content (AvgIpc) is 2.85. The molecule has 1 heterocycles. The van der Waals surface area contributed by atoms with E-state index in [1.807, 2.05) is 32.9 Å². The van der Waals surface area contributed by atoms with Gasteiger partial charge in [0.15, 0.2) is 6.61 Å². The summed E-state index contributed by atoms with van der Waals surface area (Å²) in [6.07, 6.45) is 2.16. The van der Waals surface area contributed by atoms with Crippen molar-refractivity contribution in [3.8, 4) is 0 Å². The number of hydrogen-bond acceptors (Lipinski definition) is 5. The highest BCUT2D eigenvalue weighted by atomic mass is 16.5. The van der Waals surface area contributed by atoms with Crippen molar-refractivity contribution in [3.05, 3.63) is 29.3 Å². The summed E-state index contributed by atoms with van der Waals surface area (Å²) in [4.78, 5) is 49.3. The van der Waals surface area contributed by atoms with Crippen molar-refractivity contribution in [1.82, 2.24) is 10.2 Å². The maximum atomic E-state index is 12.5. The number of aryl methyl sites for hydroxylation is 2. The highest BCUT2D eigenvalue weighted by molar-refractivity contribution is 6.08. The van der Waals surface area contributed by atoms with Gasteiger partial charge in [-0.3, -0.25) is 19.3 Å². The van der Waals surface area contributed by atoms with E-state index in [0.717, 1.165) is 28.9 Å². The zero-order valence-electron chi connectivity index (χ0n) is 16.8. The molecule has 1 aromatic carbocycles. The lowest BCUT2D eigenvalue weighted by Crippen LogP contribution is -2.44. The third-order valence-electron chi connectivity index (χ3n) is 4.82. The largest absolute Gasteiger partial charge is 0.454 e. The molecule has 0 bridgehead atoms. The smallest absolute Gasteiger partial charge is 0.326 e. The Morgan fingerprint density at radius 2 is 1.93 bits per heavy atom. The second-order valence-electron chi connectivity index (χ2n) is 7.27. The summed E-state index contributed by atoms with van der Waals surface area (Å²) in [5.74, 6) is -1.78. The monoisotopic (exact) mass is 389 g/mol. The fourth-order valence-electron chi connectivity index (χ4n) is 2.93. The molecule has 4 amide bonds. The van der Waals surface area contributed by atoms with Crippen molar-refractivity contribution in [1.29, 1.82) is 0 Å². The van der Waals surface area contributed by atoms with E-state index in [4.69, 9.17) is 4.74 Å². The van der Waals surface area contributed by atoms with Gasteiger partial charge in [-0.1, -0.05) is 25.8 Å². The minimum atomic E-state index is -1.01. The number of hydrogen-bond donors (Lipinski definition) is 2. The SMILES string of the molecule is CCCC[C@]1(C)NC(=O)N(CC(=O)OCC(=O)Nc2ccc(C)c(C)c2)C1=O. The van der Waals surface area contributed by atoms with E-state index in [-0.39, 0.29) is 0 Å². The number of benzene rings is 1. The molecule has 8 nitrogen and oxygen atoms in total. The topological polar surface area (TPSA) is 105 Å². The summed E-state index contributed by atoms with van der Waals surface area (Å²) in [7, 11) is 0. The first-order valence-electron chi connectivity index (χ1n) is 9.33. The Hall–Kier alpha value is -2.90. The number of carbonyl (C=O) groups is 4. The standard InChI is InChI=1S/C20H27N3O5/c1-5-6-9-20(4)18(26)23(19(27)22-20)11-17(25)28-12-16(24)21-15-8-7-13(2)14(3)10-15/h7-8,10H,5-6,9,11-12H2,1-4H3,(H,21,24)(H,22,27)/t20-/m0/s1. The van der Waals surface area contributed by atoms with Gasteiger partial charge in [-0.15, -0.1) is 0 Å². The highest BCUT2D eigenvalue weighted by Gasteiger charge is 2.47. The number of anilines is 1. The number of rotatable bonds is 8. The van der Waals surface area contributed by atoms with Crippen molar-refractivity contribution in [2.24, 2.45) is 0 Å². The Morgan fingerprint density at radius 3 is 2.57 bits per heavy atom. The second kappa shape index (κ2) is 8.86. The molecule has 0 radical (unpaired) electrons. The van der Waals surface area contributed by atoms with E-state index in [9.17, 15) is 19.2 Å². The second-order valence-corrected chi connectivity index (χ2v) is 7.27. The van der Waals surface area contributed by atoms with Crippen LogP contribution in [0.4, 0.5) is 10.5 Å². The molecule has 152 valence electrons. The first-order valence-corrected chi connectivity index (χ1v) is 9.33. The molecule has 0 spiro atoms. The van der Waals surface area contributed by atoms with E-state index < -0.39 is 42.5 Å². The van der Waals surface area contributed by atoms with Gasteiger partial charge in [0.2, 0.25) is 0 Å². The number of esters is 1. The predicted molar refractivity (Wildman–Crippen MR) is 104 cm³/mol. The lowest BCUT2D eigenvalue weighted by Gasteiger charge is -2.21. The molecule has 2 N–H and O–H groups in total. The van der Waals surface area contributed by atoms with Gasteiger partial charge in [0.25, 0.3) is 11.8 Å². The van der Waals surface area contributed by atoms with Crippen LogP contribution < -0.4 is 10.6 Å². The van der Waals surface area contributed by atoms with Gasteiger partial charge in [0.05, 0.1) is 0 Å². The van der Waals surface area contributed by atoms with Gasteiger partial charge in [-0.2, -0.15) is 0 Å². The van der Waals surface area contributed by atoms with Crippen molar-refractivity contribution in [3.63, 3.8) is 0 Å². The van der Waals surface area contributed by atoms with Gasteiger partial charge in [0.1, 0.15) is 12.1 Å². The molecule has 2 rings (SSSR count). The Balaban J connectivity index is 1.84. The number of amides is 4. The maximum absolute atomic E-state index is 12.5. The molecule has 0 saturated carbocycles. The zero-order chi connectivity index (χ0) is 20.9. The molecule has 1 fully saturated rings. The number of carbonyl (C=O) groups excluding carboxylic acids is 4. The fraction of sp³-hybridized carbons (Fsp3) is 0.500. The first-order chi connectivity index (χ1) is 13.2. The Labute approximate surface area is 164 Å². The Kier molecular flexibility index (Phi) is 6.77. The summed E-state index contributed by atoms with van der Waals surface area (Å²) in [6, 6.07) is 4.83. The Morgan fingerprint density at radius 1 is 1.21 bits per heavy atom. The number of nitrogens with one attached hydrogen (secondary N) is 2. The lowest BCUT2D eigenvalue weighted by molar-refractivity contribution is -0.150. The van der Waals surface area contributed by atoms with E-state index >= 15 is 0 Å². The third kappa shape index (κ3) is 5.09. The average molecular weight is 389 g/mol. The van der Waals surface area contributed by atoms with Crippen molar-refractivity contribution < 1.29 is 23.9 Å². The van der Waals surface area contributed by atoms with Gasteiger partial charge < -0.3 is 15.4 Å². The third-order valence-corrected chi connectivity index (χ3v) is 4.82. The quantitative estimate of drug-likeness (QED) is 0.524. The van der Waals surface area contributed by atoms with Crippen LogP contribution in [0.1, 0.15) is 44.2 Å². The normalized spacial score (nSPS) is 18.8. The van der Waals surface area contributed by atoms with E-state index in [1.54, 1.807) is 13.0 Å². The minimum absolute atomic E-state index is 0.456. The molecule has 8 heteroatoms. The van der Waals surface area contributed by atoms with Crippen LogP contribution in [0.15, 0.2) is 18.2 Å². The molecule has 1 aliphatic heterocycles. The Bertz CT molecular complexity index is 792. The van der Waals surface area contributed by atoms with Crippen LogP contribution in [-0.2, 0) is 19.1 Å². The number of nitrogens with zero attached hydrogens (tertiary/aromatic N) is 1.